The number of rotatable bonds is 5. The summed E-state index contributed by atoms with van der Waals surface area (Å²) in [6.45, 7) is 4.20. The molecule has 0 radical (unpaired) electrons. The Morgan fingerprint density at radius 1 is 1.15 bits per heavy atom. The minimum Gasteiger partial charge on any atom is -0.327 e. The average Bonchev–Trinajstić information content (AvgIpc) is 2.44. The Bertz CT molecular complexity index is 566. The van der Waals surface area contributed by atoms with Crippen molar-refractivity contribution in [1.29, 1.82) is 0 Å². The van der Waals surface area contributed by atoms with Gasteiger partial charge in [0, 0.05) is 15.8 Å². The fraction of sp³-hybridized carbons (Fsp3) is 0.294. The molecule has 0 bridgehead atoms. The lowest BCUT2D eigenvalue weighted by Gasteiger charge is -2.11. The van der Waals surface area contributed by atoms with Crippen LogP contribution >= 0.6 is 23.4 Å². The predicted molar refractivity (Wildman–Crippen MR) is 88.7 cm³/mol. The average molecular weight is 306 g/mol. The Kier molecular flexibility index (Phi) is 5.53. The fourth-order valence-electron chi connectivity index (χ4n) is 1.93. The van der Waals surface area contributed by atoms with Crippen LogP contribution in [0.5, 0.6) is 0 Å². The van der Waals surface area contributed by atoms with Crippen LogP contribution in [0.3, 0.4) is 0 Å². The molecule has 106 valence electrons. The number of hydrogen-bond acceptors (Lipinski definition) is 2. The molecule has 0 saturated heterocycles. The lowest BCUT2D eigenvalue weighted by molar-refractivity contribution is 0.646. The smallest absolute Gasteiger partial charge is 0.0548 e. The van der Waals surface area contributed by atoms with Crippen LogP contribution in [0.4, 0.5) is 0 Å². The Morgan fingerprint density at radius 2 is 1.85 bits per heavy atom. The molecule has 2 N–H and O–H groups in total. The number of hydrogen-bond donors (Lipinski definition) is 1. The predicted octanol–water partition coefficient (Wildman–Crippen LogP) is 5.08. The van der Waals surface area contributed by atoms with Gasteiger partial charge < -0.3 is 5.73 Å². The molecule has 0 heterocycles. The van der Waals surface area contributed by atoms with Crippen LogP contribution in [0.2, 0.25) is 5.02 Å². The Hall–Kier alpha value is -0.960. The van der Waals surface area contributed by atoms with Crippen molar-refractivity contribution in [3.63, 3.8) is 0 Å². The quantitative estimate of drug-likeness (QED) is 0.833. The zero-order valence-electron chi connectivity index (χ0n) is 11.9. The maximum absolute atomic E-state index is 6.38. The summed E-state index contributed by atoms with van der Waals surface area (Å²) in [5, 5.41) is 0.802. The maximum Gasteiger partial charge on any atom is 0.0548 e. The summed E-state index contributed by atoms with van der Waals surface area (Å²) >= 11 is 8.07. The van der Waals surface area contributed by atoms with E-state index in [0.717, 1.165) is 22.8 Å². The summed E-state index contributed by atoms with van der Waals surface area (Å²) in [6, 6.07) is 14.9. The van der Waals surface area contributed by atoms with Crippen molar-refractivity contribution in [2.75, 3.05) is 0 Å². The third kappa shape index (κ3) is 4.27. The minimum absolute atomic E-state index is 0.210. The molecule has 1 unspecified atom stereocenters. The standard InChI is InChI=1S/C17H20ClNS/c1-3-14(19)10-13-6-9-17(16(18)11-13)20-15-7-4-12(2)5-8-15/h4-9,11,14H,3,10,19H2,1-2H3. The van der Waals surface area contributed by atoms with E-state index in [4.69, 9.17) is 17.3 Å². The molecular formula is C17H20ClNS. The van der Waals surface area contributed by atoms with Gasteiger partial charge in [-0.05, 0) is 49.6 Å². The molecule has 3 heteroatoms. The second-order valence-electron chi connectivity index (χ2n) is 5.05. The third-order valence-electron chi connectivity index (χ3n) is 3.27. The SMILES string of the molecule is CCC(N)Cc1ccc(Sc2ccc(C)cc2)c(Cl)c1. The van der Waals surface area contributed by atoms with Crippen molar-refractivity contribution in [2.24, 2.45) is 5.73 Å². The Morgan fingerprint density at radius 3 is 2.45 bits per heavy atom. The summed E-state index contributed by atoms with van der Waals surface area (Å²) in [4.78, 5) is 2.29. The summed E-state index contributed by atoms with van der Waals surface area (Å²) in [7, 11) is 0. The highest BCUT2D eigenvalue weighted by Crippen LogP contribution is 2.34. The molecule has 0 fully saturated rings. The molecule has 0 saturated carbocycles. The van der Waals surface area contributed by atoms with Crippen LogP contribution in [-0.4, -0.2) is 6.04 Å². The van der Waals surface area contributed by atoms with E-state index in [1.54, 1.807) is 11.8 Å². The first-order valence-electron chi connectivity index (χ1n) is 6.87. The molecular weight excluding hydrogens is 286 g/mol. The fourth-order valence-corrected chi connectivity index (χ4v) is 3.07. The highest BCUT2D eigenvalue weighted by molar-refractivity contribution is 7.99. The van der Waals surface area contributed by atoms with Gasteiger partial charge in [0.25, 0.3) is 0 Å². The first-order valence-corrected chi connectivity index (χ1v) is 8.06. The normalized spacial score (nSPS) is 12.4. The van der Waals surface area contributed by atoms with Crippen LogP contribution in [0.15, 0.2) is 52.3 Å². The molecule has 0 aliphatic rings. The van der Waals surface area contributed by atoms with E-state index in [2.05, 4.69) is 50.2 Å². The van der Waals surface area contributed by atoms with E-state index in [1.165, 1.54) is 16.0 Å². The third-order valence-corrected chi connectivity index (χ3v) is 4.78. The van der Waals surface area contributed by atoms with Crippen LogP contribution < -0.4 is 5.73 Å². The van der Waals surface area contributed by atoms with Crippen molar-refractivity contribution in [1.82, 2.24) is 0 Å². The Labute approximate surface area is 130 Å². The summed E-state index contributed by atoms with van der Waals surface area (Å²) in [5.41, 5.74) is 8.46. The second-order valence-corrected chi connectivity index (χ2v) is 6.57. The van der Waals surface area contributed by atoms with Gasteiger partial charge in [-0.25, -0.2) is 0 Å². The van der Waals surface area contributed by atoms with Gasteiger partial charge in [-0.15, -0.1) is 0 Å². The van der Waals surface area contributed by atoms with E-state index >= 15 is 0 Å². The van der Waals surface area contributed by atoms with Crippen molar-refractivity contribution in [3.05, 3.63) is 58.6 Å². The first kappa shape index (κ1) is 15.4. The molecule has 0 aromatic heterocycles. The number of aryl methyl sites for hydroxylation is 1. The second kappa shape index (κ2) is 7.16. The lowest BCUT2D eigenvalue weighted by atomic mass is 10.1. The van der Waals surface area contributed by atoms with Crippen LogP contribution in [0.25, 0.3) is 0 Å². The molecule has 0 aliphatic heterocycles. The van der Waals surface area contributed by atoms with Gasteiger partial charge in [-0.1, -0.05) is 54.0 Å². The van der Waals surface area contributed by atoms with Gasteiger partial charge in [-0.3, -0.25) is 0 Å². The number of nitrogens with two attached hydrogens (primary N) is 1. The highest BCUT2D eigenvalue weighted by atomic mass is 35.5. The van der Waals surface area contributed by atoms with E-state index in [0.29, 0.717) is 0 Å². The zero-order valence-corrected chi connectivity index (χ0v) is 13.5. The number of halogens is 1. The van der Waals surface area contributed by atoms with E-state index < -0.39 is 0 Å². The number of benzene rings is 2. The van der Waals surface area contributed by atoms with Gasteiger partial charge in [0.2, 0.25) is 0 Å². The van der Waals surface area contributed by atoms with Gasteiger partial charge in [0.05, 0.1) is 5.02 Å². The van der Waals surface area contributed by atoms with Gasteiger partial charge in [0.1, 0.15) is 0 Å². The molecule has 2 aromatic rings. The first-order chi connectivity index (χ1) is 9.58. The van der Waals surface area contributed by atoms with Crippen molar-refractivity contribution in [3.8, 4) is 0 Å². The topological polar surface area (TPSA) is 26.0 Å². The molecule has 1 nitrogen and oxygen atoms in total. The van der Waals surface area contributed by atoms with Crippen LogP contribution in [0, 0.1) is 6.92 Å². The zero-order chi connectivity index (χ0) is 14.5. The molecule has 0 spiro atoms. The van der Waals surface area contributed by atoms with Gasteiger partial charge in [-0.2, -0.15) is 0 Å². The molecule has 2 rings (SSSR count). The summed E-state index contributed by atoms with van der Waals surface area (Å²) < 4.78 is 0. The Balaban J connectivity index is 2.11. The monoisotopic (exact) mass is 305 g/mol. The van der Waals surface area contributed by atoms with Crippen LogP contribution in [-0.2, 0) is 6.42 Å². The summed E-state index contributed by atoms with van der Waals surface area (Å²) in [5.74, 6) is 0. The molecule has 1 atom stereocenters. The van der Waals surface area contributed by atoms with Gasteiger partial charge in [0.15, 0.2) is 0 Å². The molecule has 20 heavy (non-hydrogen) atoms. The van der Waals surface area contributed by atoms with Crippen molar-refractivity contribution in [2.45, 2.75) is 42.5 Å². The molecule has 0 aliphatic carbocycles. The van der Waals surface area contributed by atoms with E-state index in [-0.39, 0.29) is 6.04 Å². The van der Waals surface area contributed by atoms with Crippen molar-refractivity contribution >= 4 is 23.4 Å². The summed E-state index contributed by atoms with van der Waals surface area (Å²) in [6.07, 6.45) is 1.86. The van der Waals surface area contributed by atoms with Gasteiger partial charge >= 0.3 is 0 Å². The van der Waals surface area contributed by atoms with E-state index in [1.807, 2.05) is 6.07 Å². The largest absolute Gasteiger partial charge is 0.327 e. The lowest BCUT2D eigenvalue weighted by Crippen LogP contribution is -2.21. The maximum atomic E-state index is 6.38. The minimum atomic E-state index is 0.210. The molecule has 0 amide bonds. The van der Waals surface area contributed by atoms with Crippen LogP contribution in [0.1, 0.15) is 24.5 Å². The molecule has 2 aromatic carbocycles. The van der Waals surface area contributed by atoms with Crippen molar-refractivity contribution < 1.29 is 0 Å². The van der Waals surface area contributed by atoms with E-state index in [9.17, 15) is 0 Å². The highest BCUT2D eigenvalue weighted by Gasteiger charge is 2.07.